The average molecular weight is 228 g/mol. The zero-order valence-electron chi connectivity index (χ0n) is 9.69. The Kier molecular flexibility index (Phi) is 3.69. The van der Waals surface area contributed by atoms with E-state index >= 15 is 0 Å². The van der Waals surface area contributed by atoms with Crippen LogP contribution in [0.15, 0.2) is 12.8 Å². The van der Waals surface area contributed by atoms with Crippen LogP contribution in [-0.4, -0.2) is 25.1 Å². The van der Waals surface area contributed by atoms with Gasteiger partial charge in [0.1, 0.15) is 5.82 Å². The van der Waals surface area contributed by atoms with Crippen molar-refractivity contribution in [3.05, 3.63) is 23.4 Å². The molecule has 0 saturated heterocycles. The smallest absolute Gasteiger partial charge is 0.116 e. The van der Waals surface area contributed by atoms with E-state index in [2.05, 4.69) is 30.7 Å². The molecular weight excluding hydrogens is 210 g/mol. The first kappa shape index (κ1) is 12.0. The summed E-state index contributed by atoms with van der Waals surface area (Å²) in [4.78, 5) is 5.10. The Labute approximate surface area is 96.1 Å². The maximum Gasteiger partial charge on any atom is 0.116 e. The van der Waals surface area contributed by atoms with Gasteiger partial charge in [-0.1, -0.05) is 18.2 Å². The molecule has 1 aromatic heterocycles. The van der Waals surface area contributed by atoms with Crippen LogP contribution in [0.5, 0.6) is 0 Å². The second kappa shape index (κ2) is 4.62. The van der Waals surface area contributed by atoms with Crippen LogP contribution >= 0.6 is 11.6 Å². The van der Waals surface area contributed by atoms with Gasteiger partial charge in [0, 0.05) is 32.0 Å². The molecule has 1 heterocycles. The van der Waals surface area contributed by atoms with Gasteiger partial charge in [-0.25, -0.2) is 0 Å². The van der Waals surface area contributed by atoms with Crippen LogP contribution in [-0.2, 0) is 0 Å². The lowest BCUT2D eigenvalue weighted by atomic mass is 10.2. The number of aromatic amines is 1. The molecule has 15 heavy (non-hydrogen) atoms. The number of rotatable bonds is 4. The molecule has 0 atom stereocenters. The van der Waals surface area contributed by atoms with Crippen molar-refractivity contribution in [2.45, 2.75) is 19.9 Å². The quantitative estimate of drug-likeness (QED) is 0.829. The minimum atomic E-state index is 0.346. The third kappa shape index (κ3) is 2.69. The highest BCUT2D eigenvalue weighted by Crippen LogP contribution is 2.30. The molecule has 0 aliphatic rings. The van der Waals surface area contributed by atoms with Crippen LogP contribution in [0, 0.1) is 0 Å². The first-order valence-electron chi connectivity index (χ1n) is 4.93. The van der Waals surface area contributed by atoms with Crippen molar-refractivity contribution in [1.82, 2.24) is 10.3 Å². The molecule has 0 aromatic carbocycles. The van der Waals surface area contributed by atoms with Crippen LogP contribution in [0.4, 0.5) is 5.82 Å². The molecule has 1 aromatic rings. The average Bonchev–Trinajstić information content (AvgIpc) is 2.45. The van der Waals surface area contributed by atoms with Crippen molar-refractivity contribution in [3.63, 3.8) is 0 Å². The second-order valence-corrected chi connectivity index (χ2v) is 4.44. The molecule has 0 radical (unpaired) electrons. The highest BCUT2D eigenvalue weighted by atomic mass is 35.5. The monoisotopic (exact) mass is 227 g/mol. The van der Waals surface area contributed by atoms with Gasteiger partial charge < -0.3 is 15.2 Å². The van der Waals surface area contributed by atoms with Crippen molar-refractivity contribution in [2.75, 3.05) is 19.0 Å². The molecule has 0 fully saturated rings. The van der Waals surface area contributed by atoms with Gasteiger partial charge in [-0.2, -0.15) is 0 Å². The molecule has 0 aliphatic carbocycles. The van der Waals surface area contributed by atoms with E-state index < -0.39 is 0 Å². The summed E-state index contributed by atoms with van der Waals surface area (Å²) < 4.78 is 0. The van der Waals surface area contributed by atoms with Gasteiger partial charge in [-0.3, -0.25) is 0 Å². The number of hydrogen-bond donors (Lipinski definition) is 2. The maximum atomic E-state index is 6.11. The lowest BCUT2D eigenvalue weighted by Crippen LogP contribution is -2.21. The SMILES string of the molecule is C=C(NC(C)C)c1c(Cl)c[nH]c1N(C)C. The van der Waals surface area contributed by atoms with Crippen LogP contribution in [0.25, 0.3) is 5.70 Å². The Morgan fingerprint density at radius 2 is 2.13 bits per heavy atom. The van der Waals surface area contributed by atoms with E-state index in [1.807, 2.05) is 19.0 Å². The molecule has 4 heteroatoms. The second-order valence-electron chi connectivity index (χ2n) is 4.03. The molecule has 0 aliphatic heterocycles. The predicted molar refractivity (Wildman–Crippen MR) is 67.4 cm³/mol. The highest BCUT2D eigenvalue weighted by Gasteiger charge is 2.14. The zero-order valence-corrected chi connectivity index (χ0v) is 10.4. The molecule has 2 N–H and O–H groups in total. The van der Waals surface area contributed by atoms with E-state index in [-0.39, 0.29) is 0 Å². The molecule has 0 amide bonds. The molecule has 84 valence electrons. The Morgan fingerprint density at radius 1 is 1.53 bits per heavy atom. The minimum Gasteiger partial charge on any atom is -0.383 e. The Hall–Kier alpha value is -1.09. The maximum absolute atomic E-state index is 6.11. The summed E-state index contributed by atoms with van der Waals surface area (Å²) in [5, 5.41) is 3.95. The van der Waals surface area contributed by atoms with Gasteiger partial charge in [-0.15, -0.1) is 0 Å². The van der Waals surface area contributed by atoms with Crippen LogP contribution in [0.1, 0.15) is 19.4 Å². The van der Waals surface area contributed by atoms with Crippen LogP contribution in [0.3, 0.4) is 0 Å². The van der Waals surface area contributed by atoms with Crippen molar-refractivity contribution >= 4 is 23.1 Å². The van der Waals surface area contributed by atoms with Gasteiger partial charge >= 0.3 is 0 Å². The van der Waals surface area contributed by atoms with Gasteiger partial charge in [-0.05, 0) is 13.8 Å². The van der Waals surface area contributed by atoms with Gasteiger partial charge in [0.15, 0.2) is 0 Å². The number of halogens is 1. The van der Waals surface area contributed by atoms with Crippen molar-refractivity contribution in [2.24, 2.45) is 0 Å². The Balaban J connectivity index is 3.01. The van der Waals surface area contributed by atoms with E-state index in [1.165, 1.54) is 0 Å². The van der Waals surface area contributed by atoms with E-state index in [1.54, 1.807) is 6.20 Å². The molecular formula is C11H18ClN3. The number of H-pyrrole nitrogens is 1. The lowest BCUT2D eigenvalue weighted by molar-refractivity contribution is 0.718. The van der Waals surface area contributed by atoms with Crippen molar-refractivity contribution in [1.29, 1.82) is 0 Å². The van der Waals surface area contributed by atoms with Crippen LogP contribution in [0.2, 0.25) is 5.02 Å². The summed E-state index contributed by atoms with van der Waals surface area (Å²) >= 11 is 6.11. The van der Waals surface area contributed by atoms with Crippen LogP contribution < -0.4 is 10.2 Å². The highest BCUT2D eigenvalue weighted by molar-refractivity contribution is 6.32. The molecule has 0 spiro atoms. The third-order valence-corrected chi connectivity index (χ3v) is 2.32. The standard InChI is InChI=1S/C11H18ClN3/c1-7(2)14-8(3)10-9(12)6-13-11(10)15(4)5/h6-7,13-14H,3H2,1-2,4-5H3. The lowest BCUT2D eigenvalue weighted by Gasteiger charge is -2.17. The Bertz CT molecular complexity index is 353. The third-order valence-electron chi connectivity index (χ3n) is 2.02. The normalized spacial score (nSPS) is 10.5. The number of nitrogens with one attached hydrogen (secondary N) is 2. The summed E-state index contributed by atoms with van der Waals surface area (Å²) in [6.07, 6.45) is 1.78. The zero-order chi connectivity index (χ0) is 11.6. The summed E-state index contributed by atoms with van der Waals surface area (Å²) in [6, 6.07) is 0.346. The molecule has 1 rings (SSSR count). The Morgan fingerprint density at radius 3 is 2.60 bits per heavy atom. The van der Waals surface area contributed by atoms with Crippen molar-refractivity contribution < 1.29 is 0 Å². The minimum absolute atomic E-state index is 0.346. The molecule has 3 nitrogen and oxygen atoms in total. The molecule has 0 unspecified atom stereocenters. The predicted octanol–water partition coefficient (Wildman–Crippen LogP) is 2.70. The van der Waals surface area contributed by atoms with E-state index in [0.717, 1.165) is 17.1 Å². The fourth-order valence-electron chi connectivity index (χ4n) is 1.45. The van der Waals surface area contributed by atoms with E-state index in [9.17, 15) is 0 Å². The molecule has 0 saturated carbocycles. The topological polar surface area (TPSA) is 31.1 Å². The summed E-state index contributed by atoms with van der Waals surface area (Å²) in [6.45, 7) is 8.14. The van der Waals surface area contributed by atoms with E-state index in [4.69, 9.17) is 11.6 Å². The largest absolute Gasteiger partial charge is 0.383 e. The first-order chi connectivity index (χ1) is 6.93. The number of anilines is 1. The number of aromatic nitrogens is 1. The fourth-order valence-corrected chi connectivity index (χ4v) is 1.71. The van der Waals surface area contributed by atoms with Gasteiger partial charge in [0.2, 0.25) is 0 Å². The van der Waals surface area contributed by atoms with Gasteiger partial charge in [0.05, 0.1) is 10.6 Å². The fraction of sp³-hybridized carbons (Fsp3) is 0.455. The molecule has 0 bridgehead atoms. The summed E-state index contributed by atoms with van der Waals surface area (Å²) in [7, 11) is 3.93. The van der Waals surface area contributed by atoms with E-state index in [0.29, 0.717) is 11.1 Å². The first-order valence-corrected chi connectivity index (χ1v) is 5.31. The number of nitrogens with zero attached hydrogens (tertiary/aromatic N) is 1. The number of hydrogen-bond acceptors (Lipinski definition) is 2. The summed E-state index contributed by atoms with van der Waals surface area (Å²) in [5.41, 5.74) is 1.79. The van der Waals surface area contributed by atoms with Gasteiger partial charge in [0.25, 0.3) is 0 Å². The van der Waals surface area contributed by atoms with Crippen molar-refractivity contribution in [3.8, 4) is 0 Å². The summed E-state index contributed by atoms with van der Waals surface area (Å²) in [5.74, 6) is 0.971.